The van der Waals surface area contributed by atoms with Crippen molar-refractivity contribution < 1.29 is 9.59 Å². The number of nitriles is 1. The van der Waals surface area contributed by atoms with Crippen LogP contribution in [0.5, 0.6) is 0 Å². The van der Waals surface area contributed by atoms with Gasteiger partial charge in [-0.15, -0.1) is 0 Å². The van der Waals surface area contributed by atoms with Crippen LogP contribution in [0, 0.1) is 11.3 Å². The van der Waals surface area contributed by atoms with E-state index in [1.165, 1.54) is 0 Å². The second-order valence-electron chi connectivity index (χ2n) is 5.32. The van der Waals surface area contributed by atoms with Gasteiger partial charge in [-0.05, 0) is 38.6 Å². The summed E-state index contributed by atoms with van der Waals surface area (Å²) in [6.07, 6.45) is 0.352. The number of likely N-dealkylation sites (N-methyl/N-ethyl adjacent to an activating group) is 2. The molecule has 1 N–H and O–H groups in total. The number of hydrogen-bond donors (Lipinski definition) is 1. The number of hydrogen-bond acceptors (Lipinski definition) is 4. The van der Waals surface area contributed by atoms with Crippen LogP contribution in [0.15, 0.2) is 24.3 Å². The molecule has 1 rings (SSSR count). The molecular weight excluding hydrogens is 292 g/mol. The summed E-state index contributed by atoms with van der Waals surface area (Å²) in [5.41, 5.74) is 1.59. The fourth-order valence-corrected chi connectivity index (χ4v) is 2.21. The Morgan fingerprint density at radius 1 is 1.13 bits per heavy atom. The van der Waals surface area contributed by atoms with Crippen molar-refractivity contribution in [3.63, 3.8) is 0 Å². The average molecular weight is 316 g/mol. The molecule has 0 saturated heterocycles. The number of benzene rings is 1. The molecule has 0 aliphatic rings. The van der Waals surface area contributed by atoms with Gasteiger partial charge in [-0.25, -0.2) is 0 Å². The van der Waals surface area contributed by atoms with Crippen molar-refractivity contribution in [2.75, 3.05) is 38.5 Å². The summed E-state index contributed by atoms with van der Waals surface area (Å²) in [5.74, 6) is -0.154. The lowest BCUT2D eigenvalue weighted by atomic mass is 10.1. The van der Waals surface area contributed by atoms with Gasteiger partial charge >= 0.3 is 0 Å². The molecule has 23 heavy (non-hydrogen) atoms. The zero-order chi connectivity index (χ0) is 17.2. The summed E-state index contributed by atoms with van der Waals surface area (Å²) in [6, 6.07) is 9.24. The minimum Gasteiger partial charge on any atom is -0.342 e. The van der Waals surface area contributed by atoms with E-state index in [0.717, 1.165) is 5.56 Å². The third-order valence-electron chi connectivity index (χ3n) is 3.46. The summed E-state index contributed by atoms with van der Waals surface area (Å²) in [4.78, 5) is 27.4. The van der Waals surface area contributed by atoms with Crippen molar-refractivity contribution in [3.05, 3.63) is 29.8 Å². The highest BCUT2D eigenvalue weighted by molar-refractivity contribution is 5.92. The molecule has 0 bridgehead atoms. The first kappa shape index (κ1) is 18.7. The molecule has 0 unspecified atom stereocenters. The van der Waals surface area contributed by atoms with E-state index < -0.39 is 0 Å². The van der Waals surface area contributed by atoms with E-state index in [0.29, 0.717) is 25.2 Å². The van der Waals surface area contributed by atoms with Gasteiger partial charge in [0.2, 0.25) is 11.8 Å². The number of amides is 2. The molecule has 0 spiro atoms. The monoisotopic (exact) mass is 316 g/mol. The van der Waals surface area contributed by atoms with Gasteiger partial charge in [0.1, 0.15) is 0 Å². The highest BCUT2D eigenvalue weighted by Crippen LogP contribution is 2.09. The summed E-state index contributed by atoms with van der Waals surface area (Å²) in [5, 5.41) is 11.4. The number of nitrogens with one attached hydrogen (secondary N) is 1. The van der Waals surface area contributed by atoms with E-state index in [2.05, 4.69) is 11.4 Å². The maximum Gasteiger partial charge on any atom is 0.238 e. The molecule has 6 heteroatoms. The first-order valence-corrected chi connectivity index (χ1v) is 7.72. The maximum absolute atomic E-state index is 12.0. The van der Waals surface area contributed by atoms with Crippen molar-refractivity contribution in [2.45, 2.75) is 20.3 Å². The predicted molar refractivity (Wildman–Crippen MR) is 89.8 cm³/mol. The van der Waals surface area contributed by atoms with E-state index in [1.54, 1.807) is 29.0 Å². The Balaban J connectivity index is 2.46. The molecule has 0 aliphatic carbocycles. The molecule has 1 aromatic rings. The standard InChI is InChI=1S/C17H24N4O2/c1-4-21(5-2)17(23)13-20(3)12-16(22)19-15-8-6-14(7-9-15)10-11-18/h6-9H,4-5,10,12-13H2,1-3H3,(H,19,22). The molecule has 1 aromatic carbocycles. The van der Waals surface area contributed by atoms with Gasteiger partial charge in [0, 0.05) is 18.8 Å². The number of rotatable bonds is 8. The van der Waals surface area contributed by atoms with Crippen LogP contribution in [-0.2, 0) is 16.0 Å². The minimum absolute atomic E-state index is 0.0196. The van der Waals surface area contributed by atoms with Crippen LogP contribution < -0.4 is 5.32 Å². The highest BCUT2D eigenvalue weighted by Gasteiger charge is 2.14. The number of anilines is 1. The topological polar surface area (TPSA) is 76.4 Å². The number of nitrogens with zero attached hydrogens (tertiary/aromatic N) is 3. The maximum atomic E-state index is 12.0. The van der Waals surface area contributed by atoms with Gasteiger partial charge in [-0.1, -0.05) is 12.1 Å². The normalized spacial score (nSPS) is 10.2. The van der Waals surface area contributed by atoms with Crippen molar-refractivity contribution >= 4 is 17.5 Å². The quantitative estimate of drug-likeness (QED) is 0.788. The molecule has 0 fully saturated rings. The van der Waals surface area contributed by atoms with E-state index in [-0.39, 0.29) is 24.9 Å². The van der Waals surface area contributed by atoms with Gasteiger partial charge in [0.25, 0.3) is 0 Å². The second kappa shape index (κ2) is 9.59. The smallest absolute Gasteiger partial charge is 0.238 e. The van der Waals surface area contributed by atoms with Gasteiger partial charge < -0.3 is 10.2 Å². The van der Waals surface area contributed by atoms with Crippen molar-refractivity contribution in [1.29, 1.82) is 5.26 Å². The van der Waals surface area contributed by atoms with E-state index >= 15 is 0 Å². The van der Waals surface area contributed by atoms with Gasteiger partial charge in [0.05, 0.1) is 25.6 Å². The van der Waals surface area contributed by atoms with Crippen LogP contribution in [0.3, 0.4) is 0 Å². The Labute approximate surface area is 137 Å². The Morgan fingerprint density at radius 2 is 1.74 bits per heavy atom. The Kier molecular flexibility index (Phi) is 7.78. The Morgan fingerprint density at radius 3 is 2.26 bits per heavy atom. The lowest BCUT2D eigenvalue weighted by molar-refractivity contribution is -0.132. The fourth-order valence-electron chi connectivity index (χ4n) is 2.21. The summed E-state index contributed by atoms with van der Waals surface area (Å²) in [6.45, 7) is 5.58. The second-order valence-corrected chi connectivity index (χ2v) is 5.32. The summed E-state index contributed by atoms with van der Waals surface area (Å²) in [7, 11) is 1.75. The lowest BCUT2D eigenvalue weighted by Gasteiger charge is -2.22. The van der Waals surface area contributed by atoms with Crippen LogP contribution in [0.25, 0.3) is 0 Å². The largest absolute Gasteiger partial charge is 0.342 e. The number of carbonyl (C=O) groups excluding carboxylic acids is 2. The van der Waals surface area contributed by atoms with Gasteiger partial charge in [0.15, 0.2) is 0 Å². The van der Waals surface area contributed by atoms with Crippen molar-refractivity contribution in [2.24, 2.45) is 0 Å². The molecule has 0 heterocycles. The van der Waals surface area contributed by atoms with Crippen LogP contribution >= 0.6 is 0 Å². The summed E-state index contributed by atoms with van der Waals surface area (Å²) < 4.78 is 0. The third-order valence-corrected chi connectivity index (χ3v) is 3.46. The van der Waals surface area contributed by atoms with Crippen molar-refractivity contribution in [1.82, 2.24) is 9.80 Å². The zero-order valence-electron chi connectivity index (χ0n) is 14.0. The Hall–Kier alpha value is -2.39. The lowest BCUT2D eigenvalue weighted by Crippen LogP contribution is -2.41. The van der Waals surface area contributed by atoms with Gasteiger partial charge in [-0.3, -0.25) is 14.5 Å². The third kappa shape index (κ3) is 6.49. The Bertz CT molecular complexity index is 559. The summed E-state index contributed by atoms with van der Waals surface area (Å²) >= 11 is 0. The number of carbonyl (C=O) groups is 2. The fraction of sp³-hybridized carbons (Fsp3) is 0.471. The molecule has 0 aliphatic heterocycles. The van der Waals surface area contributed by atoms with Crippen LogP contribution in [-0.4, -0.2) is 54.8 Å². The first-order valence-electron chi connectivity index (χ1n) is 7.72. The van der Waals surface area contributed by atoms with Gasteiger partial charge in [-0.2, -0.15) is 5.26 Å². The van der Waals surface area contributed by atoms with Crippen LogP contribution in [0.4, 0.5) is 5.69 Å². The zero-order valence-corrected chi connectivity index (χ0v) is 14.0. The van der Waals surface area contributed by atoms with Crippen molar-refractivity contribution in [3.8, 4) is 6.07 Å². The van der Waals surface area contributed by atoms with E-state index in [9.17, 15) is 9.59 Å². The molecule has 124 valence electrons. The molecule has 2 amide bonds. The highest BCUT2D eigenvalue weighted by atomic mass is 16.2. The molecule has 6 nitrogen and oxygen atoms in total. The van der Waals surface area contributed by atoms with E-state index in [4.69, 9.17) is 5.26 Å². The molecule has 0 aromatic heterocycles. The minimum atomic E-state index is -0.173. The SMILES string of the molecule is CCN(CC)C(=O)CN(C)CC(=O)Nc1ccc(CC#N)cc1. The van der Waals surface area contributed by atoms with Crippen LogP contribution in [0.1, 0.15) is 19.4 Å². The predicted octanol–water partition coefficient (Wildman–Crippen LogP) is 1.49. The average Bonchev–Trinajstić information content (AvgIpc) is 2.50. The first-order chi connectivity index (χ1) is 11.0. The molecular formula is C17H24N4O2. The molecule has 0 atom stereocenters. The van der Waals surface area contributed by atoms with Crippen LogP contribution in [0.2, 0.25) is 0 Å². The van der Waals surface area contributed by atoms with E-state index in [1.807, 2.05) is 26.0 Å². The molecule has 0 radical (unpaired) electrons. The molecule has 0 saturated carbocycles.